The van der Waals surface area contributed by atoms with Crippen LogP contribution in [0.1, 0.15) is 46.5 Å². The lowest BCUT2D eigenvalue weighted by Gasteiger charge is -2.31. The molecule has 0 aromatic carbocycles. The number of ether oxygens (including phenoxy) is 1. The first-order valence-corrected chi connectivity index (χ1v) is 5.86. The predicted octanol–water partition coefficient (Wildman–Crippen LogP) is 4.37. The van der Waals surface area contributed by atoms with Crippen LogP contribution in [0.5, 0.6) is 0 Å². The van der Waals surface area contributed by atoms with Gasteiger partial charge in [-0.25, -0.2) is 0 Å². The molecule has 0 fully saturated rings. The molecule has 0 N–H and O–H groups in total. The summed E-state index contributed by atoms with van der Waals surface area (Å²) in [5, 5.41) is 0. The smallest absolute Gasteiger partial charge is 0.123 e. The Bertz CT molecular complexity index is 286. The van der Waals surface area contributed by atoms with Crippen LogP contribution >= 0.6 is 0 Å². The van der Waals surface area contributed by atoms with E-state index in [9.17, 15) is 0 Å². The van der Waals surface area contributed by atoms with Crippen LogP contribution in [0.2, 0.25) is 0 Å². The van der Waals surface area contributed by atoms with Crippen molar-refractivity contribution in [2.24, 2.45) is 0 Å². The van der Waals surface area contributed by atoms with E-state index in [-0.39, 0.29) is 5.60 Å². The second kappa shape index (κ2) is 5.20. The van der Waals surface area contributed by atoms with Crippen LogP contribution in [0.15, 0.2) is 36.1 Å². The van der Waals surface area contributed by atoms with Crippen molar-refractivity contribution < 1.29 is 4.74 Å². The Hall–Kier alpha value is -0.980. The van der Waals surface area contributed by atoms with Crippen molar-refractivity contribution in [3.8, 4) is 0 Å². The Labute approximate surface area is 93.5 Å². The molecular formula is C14H22O. The summed E-state index contributed by atoms with van der Waals surface area (Å²) >= 11 is 0. The largest absolute Gasteiger partial charge is 0.487 e. The normalized spacial score (nSPS) is 19.7. The molecule has 0 saturated carbocycles. The summed E-state index contributed by atoms with van der Waals surface area (Å²) in [6.07, 6.45) is 10.5. The van der Waals surface area contributed by atoms with Gasteiger partial charge in [0.05, 0.1) is 0 Å². The highest BCUT2D eigenvalue weighted by Gasteiger charge is 2.24. The second-order valence-corrected chi connectivity index (χ2v) is 4.39. The summed E-state index contributed by atoms with van der Waals surface area (Å²) in [6, 6.07) is 0. The van der Waals surface area contributed by atoms with Crippen LogP contribution in [-0.2, 0) is 4.74 Å². The Morgan fingerprint density at radius 2 is 2.20 bits per heavy atom. The molecular weight excluding hydrogens is 184 g/mol. The average Bonchev–Trinajstić information content (AvgIpc) is 2.22. The molecule has 1 heteroatoms. The Morgan fingerprint density at radius 1 is 1.47 bits per heavy atom. The van der Waals surface area contributed by atoms with Crippen molar-refractivity contribution in [3.63, 3.8) is 0 Å². The molecule has 1 nitrogen and oxygen atoms in total. The highest BCUT2D eigenvalue weighted by Crippen LogP contribution is 2.29. The van der Waals surface area contributed by atoms with Crippen molar-refractivity contribution in [2.45, 2.75) is 52.1 Å². The molecule has 0 bridgehead atoms. The fraction of sp³-hybridized carbons (Fsp3) is 0.571. The zero-order chi connectivity index (χ0) is 11.3. The van der Waals surface area contributed by atoms with Gasteiger partial charge in [-0.3, -0.25) is 0 Å². The molecule has 0 aliphatic heterocycles. The van der Waals surface area contributed by atoms with Gasteiger partial charge in [0.25, 0.3) is 0 Å². The van der Waals surface area contributed by atoms with Gasteiger partial charge in [0, 0.05) is 5.57 Å². The van der Waals surface area contributed by atoms with Crippen LogP contribution in [0.25, 0.3) is 0 Å². The minimum absolute atomic E-state index is 0.0330. The Kier molecular flexibility index (Phi) is 4.19. The Balaban J connectivity index is 2.66. The zero-order valence-corrected chi connectivity index (χ0v) is 10.2. The maximum atomic E-state index is 6.09. The average molecular weight is 206 g/mol. The van der Waals surface area contributed by atoms with Crippen molar-refractivity contribution in [1.29, 1.82) is 0 Å². The molecule has 0 aromatic rings. The third-order valence-electron chi connectivity index (χ3n) is 2.96. The van der Waals surface area contributed by atoms with Gasteiger partial charge in [-0.2, -0.15) is 0 Å². The first-order chi connectivity index (χ1) is 7.11. The van der Waals surface area contributed by atoms with E-state index < -0.39 is 0 Å². The summed E-state index contributed by atoms with van der Waals surface area (Å²) in [4.78, 5) is 0. The molecule has 1 aliphatic carbocycles. The molecule has 1 atom stereocenters. The number of hydrogen-bond acceptors (Lipinski definition) is 1. The molecule has 0 radical (unpaired) electrons. The molecule has 0 saturated heterocycles. The lowest BCUT2D eigenvalue weighted by atomic mass is 9.96. The fourth-order valence-corrected chi connectivity index (χ4v) is 1.80. The van der Waals surface area contributed by atoms with E-state index in [1.807, 2.05) is 6.08 Å². The van der Waals surface area contributed by atoms with Crippen LogP contribution < -0.4 is 0 Å². The van der Waals surface area contributed by atoms with E-state index in [2.05, 4.69) is 39.5 Å². The molecule has 84 valence electrons. The number of hydrogen-bond donors (Lipinski definition) is 0. The lowest BCUT2D eigenvalue weighted by Crippen LogP contribution is -2.27. The van der Waals surface area contributed by atoms with Gasteiger partial charge in [-0.1, -0.05) is 39.0 Å². The predicted molar refractivity (Wildman–Crippen MR) is 65.7 cm³/mol. The molecule has 0 spiro atoms. The van der Waals surface area contributed by atoms with Gasteiger partial charge < -0.3 is 4.74 Å². The lowest BCUT2D eigenvalue weighted by molar-refractivity contribution is 0.0110. The van der Waals surface area contributed by atoms with Gasteiger partial charge in [0.1, 0.15) is 11.4 Å². The van der Waals surface area contributed by atoms with Gasteiger partial charge in [-0.15, -0.1) is 0 Å². The minimum atomic E-state index is -0.0330. The highest BCUT2D eigenvalue weighted by atomic mass is 16.5. The maximum Gasteiger partial charge on any atom is 0.123 e. The van der Waals surface area contributed by atoms with Crippen molar-refractivity contribution in [1.82, 2.24) is 0 Å². The fourth-order valence-electron chi connectivity index (χ4n) is 1.80. The van der Waals surface area contributed by atoms with Gasteiger partial charge >= 0.3 is 0 Å². The van der Waals surface area contributed by atoms with E-state index >= 15 is 0 Å². The van der Waals surface area contributed by atoms with Crippen LogP contribution in [0.4, 0.5) is 0 Å². The number of rotatable bonds is 5. The van der Waals surface area contributed by atoms with E-state index in [0.717, 1.165) is 37.0 Å². The molecule has 0 heterocycles. The van der Waals surface area contributed by atoms with Crippen molar-refractivity contribution >= 4 is 0 Å². The summed E-state index contributed by atoms with van der Waals surface area (Å²) in [5.74, 6) is 0.968. The molecule has 1 rings (SSSR count). The van der Waals surface area contributed by atoms with Crippen LogP contribution in [0.3, 0.4) is 0 Å². The third-order valence-corrected chi connectivity index (χ3v) is 2.96. The van der Waals surface area contributed by atoms with Gasteiger partial charge in [0.2, 0.25) is 0 Å². The summed E-state index contributed by atoms with van der Waals surface area (Å²) < 4.78 is 6.09. The second-order valence-electron chi connectivity index (χ2n) is 4.39. The third kappa shape index (κ3) is 3.26. The molecule has 1 aliphatic rings. The van der Waals surface area contributed by atoms with Crippen LogP contribution in [0, 0.1) is 0 Å². The SMILES string of the molecule is C=C1C=CCC=C1OC(C)(CC)CCC. The van der Waals surface area contributed by atoms with Crippen molar-refractivity contribution in [2.75, 3.05) is 0 Å². The standard InChI is InChI=1S/C14H22O/c1-5-11-14(4,6-2)15-13-10-8-7-9-12(13)3/h7,9-10H,3,5-6,8,11H2,1-2,4H3. The van der Waals surface area contributed by atoms with E-state index in [4.69, 9.17) is 4.74 Å². The van der Waals surface area contributed by atoms with Crippen LogP contribution in [-0.4, -0.2) is 5.60 Å². The summed E-state index contributed by atoms with van der Waals surface area (Å²) in [6.45, 7) is 10.6. The monoisotopic (exact) mass is 206 g/mol. The topological polar surface area (TPSA) is 9.23 Å². The first-order valence-electron chi connectivity index (χ1n) is 5.86. The number of allylic oxidation sites excluding steroid dienone is 3. The summed E-state index contributed by atoms with van der Waals surface area (Å²) in [5.41, 5.74) is 0.964. The van der Waals surface area contributed by atoms with E-state index in [1.165, 1.54) is 0 Å². The molecule has 0 amide bonds. The molecule has 0 aromatic heterocycles. The molecule has 15 heavy (non-hydrogen) atoms. The zero-order valence-electron chi connectivity index (χ0n) is 10.2. The molecule has 1 unspecified atom stereocenters. The van der Waals surface area contributed by atoms with E-state index in [0.29, 0.717) is 0 Å². The quantitative estimate of drug-likeness (QED) is 0.649. The van der Waals surface area contributed by atoms with Gasteiger partial charge in [-0.05, 0) is 32.3 Å². The van der Waals surface area contributed by atoms with E-state index in [1.54, 1.807) is 0 Å². The Morgan fingerprint density at radius 3 is 2.73 bits per heavy atom. The van der Waals surface area contributed by atoms with Gasteiger partial charge in [0.15, 0.2) is 0 Å². The maximum absolute atomic E-state index is 6.09. The first kappa shape index (κ1) is 12.1. The highest BCUT2D eigenvalue weighted by molar-refractivity contribution is 5.37. The minimum Gasteiger partial charge on any atom is -0.487 e. The van der Waals surface area contributed by atoms with Crippen molar-refractivity contribution in [3.05, 3.63) is 36.1 Å². The summed E-state index contributed by atoms with van der Waals surface area (Å²) in [7, 11) is 0.